The Morgan fingerprint density at radius 3 is 1.75 bits per heavy atom. The molecule has 84 valence electrons. The first-order valence-electron chi connectivity index (χ1n) is 4.71. The van der Waals surface area contributed by atoms with Crippen LogP contribution in [0.3, 0.4) is 0 Å². The van der Waals surface area contributed by atoms with Crippen molar-refractivity contribution in [1.29, 1.82) is 0 Å². The summed E-state index contributed by atoms with van der Waals surface area (Å²) in [5.41, 5.74) is 0.483. The standard InChI is InChI=1S/C12H11ClO3/c1-6(14)9-4-5-10(13)12(8(3)16)11(9)7(2)15/h4-5H,1-3H3. The number of Topliss-reactive ketones (excluding diaryl/α,β-unsaturated/α-hetero) is 3. The van der Waals surface area contributed by atoms with E-state index in [-0.39, 0.29) is 39.1 Å². The van der Waals surface area contributed by atoms with E-state index < -0.39 is 0 Å². The van der Waals surface area contributed by atoms with Gasteiger partial charge in [0.05, 0.1) is 5.02 Å². The molecule has 0 spiro atoms. The van der Waals surface area contributed by atoms with Gasteiger partial charge in [0.2, 0.25) is 0 Å². The molecule has 1 aromatic rings. The van der Waals surface area contributed by atoms with Crippen molar-refractivity contribution in [2.45, 2.75) is 20.8 Å². The van der Waals surface area contributed by atoms with E-state index >= 15 is 0 Å². The number of hydrogen-bond acceptors (Lipinski definition) is 3. The summed E-state index contributed by atoms with van der Waals surface area (Å²) in [5, 5.41) is 0.197. The lowest BCUT2D eigenvalue weighted by Gasteiger charge is -2.10. The molecule has 0 unspecified atom stereocenters. The second-order valence-electron chi connectivity index (χ2n) is 3.51. The van der Waals surface area contributed by atoms with Gasteiger partial charge in [-0.25, -0.2) is 0 Å². The molecule has 0 radical (unpaired) electrons. The summed E-state index contributed by atoms with van der Waals surface area (Å²) in [5.74, 6) is -0.916. The maximum Gasteiger partial charge on any atom is 0.162 e. The molecule has 0 saturated heterocycles. The van der Waals surface area contributed by atoms with Crippen LogP contribution in [0.5, 0.6) is 0 Å². The molecule has 1 aromatic carbocycles. The summed E-state index contributed by atoms with van der Waals surface area (Å²) >= 11 is 5.86. The molecule has 0 heterocycles. The lowest BCUT2D eigenvalue weighted by Crippen LogP contribution is -2.11. The highest BCUT2D eigenvalue weighted by Gasteiger charge is 2.21. The summed E-state index contributed by atoms with van der Waals surface area (Å²) in [6, 6.07) is 2.93. The monoisotopic (exact) mass is 238 g/mol. The van der Waals surface area contributed by atoms with Crippen molar-refractivity contribution in [3.63, 3.8) is 0 Å². The molecule has 0 bridgehead atoms. The van der Waals surface area contributed by atoms with Crippen LogP contribution < -0.4 is 0 Å². The van der Waals surface area contributed by atoms with E-state index in [0.29, 0.717) is 0 Å². The smallest absolute Gasteiger partial charge is 0.162 e. The van der Waals surface area contributed by atoms with Crippen molar-refractivity contribution in [1.82, 2.24) is 0 Å². The van der Waals surface area contributed by atoms with Gasteiger partial charge in [0.25, 0.3) is 0 Å². The SMILES string of the molecule is CC(=O)c1ccc(Cl)c(C(C)=O)c1C(C)=O. The Morgan fingerprint density at radius 1 is 0.875 bits per heavy atom. The summed E-state index contributed by atoms with van der Waals surface area (Å²) in [6.45, 7) is 3.97. The maximum atomic E-state index is 11.5. The van der Waals surface area contributed by atoms with E-state index in [1.54, 1.807) is 0 Å². The fourth-order valence-electron chi connectivity index (χ4n) is 1.58. The highest BCUT2D eigenvalue weighted by atomic mass is 35.5. The van der Waals surface area contributed by atoms with Crippen LogP contribution in [0.25, 0.3) is 0 Å². The fraction of sp³-hybridized carbons (Fsp3) is 0.250. The van der Waals surface area contributed by atoms with Crippen molar-refractivity contribution in [3.05, 3.63) is 33.8 Å². The van der Waals surface area contributed by atoms with E-state index in [0.717, 1.165) is 0 Å². The van der Waals surface area contributed by atoms with Crippen molar-refractivity contribution in [2.75, 3.05) is 0 Å². The van der Waals surface area contributed by atoms with Crippen LogP contribution in [0.4, 0.5) is 0 Å². The molecule has 0 fully saturated rings. The average molecular weight is 239 g/mol. The molecule has 4 heteroatoms. The largest absolute Gasteiger partial charge is 0.294 e. The number of benzene rings is 1. The molecule has 0 amide bonds. The molecule has 16 heavy (non-hydrogen) atoms. The minimum Gasteiger partial charge on any atom is -0.294 e. The zero-order valence-electron chi connectivity index (χ0n) is 9.26. The van der Waals surface area contributed by atoms with Gasteiger partial charge >= 0.3 is 0 Å². The Hall–Kier alpha value is -1.48. The molecule has 0 aliphatic heterocycles. The Balaban J connectivity index is 3.70. The van der Waals surface area contributed by atoms with Crippen molar-refractivity contribution in [2.24, 2.45) is 0 Å². The average Bonchev–Trinajstić information content (AvgIpc) is 2.15. The number of halogens is 1. The minimum atomic E-state index is -0.335. The van der Waals surface area contributed by atoms with Gasteiger partial charge < -0.3 is 0 Å². The van der Waals surface area contributed by atoms with Crippen LogP contribution in [0.1, 0.15) is 51.8 Å². The van der Waals surface area contributed by atoms with Gasteiger partial charge in [-0.3, -0.25) is 14.4 Å². The van der Waals surface area contributed by atoms with Crippen LogP contribution in [0.15, 0.2) is 12.1 Å². The molecule has 0 saturated carbocycles. The van der Waals surface area contributed by atoms with Gasteiger partial charge in [0.15, 0.2) is 17.3 Å². The molecular formula is C12H11ClO3. The topological polar surface area (TPSA) is 51.2 Å². The van der Waals surface area contributed by atoms with Crippen LogP contribution in [0, 0.1) is 0 Å². The van der Waals surface area contributed by atoms with Crippen molar-refractivity contribution >= 4 is 29.0 Å². The molecule has 1 rings (SSSR count). The highest BCUT2D eigenvalue weighted by Crippen LogP contribution is 2.25. The quantitative estimate of drug-likeness (QED) is 0.761. The predicted octanol–water partition coefficient (Wildman–Crippen LogP) is 2.95. The minimum absolute atomic E-state index is 0.118. The first kappa shape index (κ1) is 12.6. The third kappa shape index (κ3) is 2.19. The zero-order chi connectivity index (χ0) is 12.5. The summed E-state index contributed by atoms with van der Waals surface area (Å²) < 4.78 is 0. The van der Waals surface area contributed by atoms with E-state index in [4.69, 9.17) is 11.6 Å². The summed E-state index contributed by atoms with van der Waals surface area (Å²) in [4.78, 5) is 34.3. The van der Waals surface area contributed by atoms with E-state index in [2.05, 4.69) is 0 Å². The van der Waals surface area contributed by atoms with Crippen LogP contribution >= 0.6 is 11.6 Å². The number of ketones is 3. The van der Waals surface area contributed by atoms with Gasteiger partial charge in [0, 0.05) is 16.7 Å². The number of carbonyl (C=O) groups excluding carboxylic acids is 3. The van der Waals surface area contributed by atoms with Gasteiger partial charge in [-0.1, -0.05) is 11.6 Å². The normalized spacial score (nSPS) is 10.0. The molecule has 0 aliphatic carbocycles. The van der Waals surface area contributed by atoms with E-state index in [1.165, 1.54) is 32.9 Å². The zero-order valence-corrected chi connectivity index (χ0v) is 10.0. The number of hydrogen-bond donors (Lipinski definition) is 0. The van der Waals surface area contributed by atoms with E-state index in [9.17, 15) is 14.4 Å². The Morgan fingerprint density at radius 2 is 1.38 bits per heavy atom. The molecule has 0 aliphatic rings. The van der Waals surface area contributed by atoms with E-state index in [1.807, 2.05) is 0 Å². The maximum absolute atomic E-state index is 11.5. The molecule has 0 atom stereocenters. The molecule has 0 aromatic heterocycles. The first-order chi connectivity index (χ1) is 7.36. The third-order valence-corrected chi connectivity index (χ3v) is 2.55. The Kier molecular flexibility index (Phi) is 3.60. The Bertz CT molecular complexity index is 489. The van der Waals surface area contributed by atoms with Crippen molar-refractivity contribution < 1.29 is 14.4 Å². The van der Waals surface area contributed by atoms with Gasteiger partial charge in [0.1, 0.15) is 0 Å². The third-order valence-electron chi connectivity index (χ3n) is 2.24. The Labute approximate surface area is 98.4 Å². The molecule has 0 N–H and O–H groups in total. The lowest BCUT2D eigenvalue weighted by molar-refractivity contribution is 0.0968. The van der Waals surface area contributed by atoms with Crippen LogP contribution in [-0.4, -0.2) is 17.3 Å². The number of carbonyl (C=O) groups is 3. The first-order valence-corrected chi connectivity index (χ1v) is 5.09. The van der Waals surface area contributed by atoms with Gasteiger partial charge in [-0.15, -0.1) is 0 Å². The molecular weight excluding hydrogens is 228 g/mol. The summed E-state index contributed by atoms with van der Waals surface area (Å²) in [6.07, 6.45) is 0. The van der Waals surface area contributed by atoms with Gasteiger partial charge in [-0.05, 0) is 32.9 Å². The van der Waals surface area contributed by atoms with Crippen molar-refractivity contribution in [3.8, 4) is 0 Å². The fourth-order valence-corrected chi connectivity index (χ4v) is 1.87. The second kappa shape index (κ2) is 4.58. The predicted molar refractivity (Wildman–Crippen MR) is 61.5 cm³/mol. The summed E-state index contributed by atoms with van der Waals surface area (Å²) in [7, 11) is 0. The lowest BCUT2D eigenvalue weighted by atomic mass is 9.94. The van der Waals surface area contributed by atoms with Crippen LogP contribution in [-0.2, 0) is 0 Å². The van der Waals surface area contributed by atoms with Gasteiger partial charge in [-0.2, -0.15) is 0 Å². The van der Waals surface area contributed by atoms with Crippen LogP contribution in [0.2, 0.25) is 5.02 Å². The molecule has 3 nitrogen and oxygen atoms in total. The second-order valence-corrected chi connectivity index (χ2v) is 3.92. The number of rotatable bonds is 3. The highest BCUT2D eigenvalue weighted by molar-refractivity contribution is 6.35.